The second-order valence-corrected chi connectivity index (χ2v) is 19.1. The molecule has 0 aromatic rings. The van der Waals surface area contributed by atoms with Crippen LogP contribution in [0.25, 0.3) is 0 Å². The van der Waals surface area contributed by atoms with Gasteiger partial charge in [-0.1, -0.05) is 238 Å². The molecule has 0 bridgehead atoms. The second kappa shape index (κ2) is 60.1. The van der Waals surface area contributed by atoms with Crippen LogP contribution in [-0.2, 0) is 28.6 Å². The Labute approximate surface area is 449 Å². The average molecular weight is 1010 g/mol. The fraction of sp³-hybridized carbons (Fsp3) is 0.627. The number of hydrogen-bond donors (Lipinski definition) is 0. The van der Waals surface area contributed by atoms with Crippen LogP contribution in [0.5, 0.6) is 0 Å². The van der Waals surface area contributed by atoms with Gasteiger partial charge in [0.2, 0.25) is 0 Å². The first-order chi connectivity index (χ1) is 36.0. The van der Waals surface area contributed by atoms with E-state index in [1.54, 1.807) is 0 Å². The van der Waals surface area contributed by atoms with Crippen molar-refractivity contribution in [1.82, 2.24) is 0 Å². The molecule has 0 amide bonds. The molecule has 1 unspecified atom stereocenters. The van der Waals surface area contributed by atoms with Crippen molar-refractivity contribution in [3.8, 4) is 0 Å². The molecule has 0 rings (SSSR count). The lowest BCUT2D eigenvalue weighted by Crippen LogP contribution is -2.30. The SMILES string of the molecule is CC/C=C\C/C=C\C/C=C\C/C=C\C/C=C\CCCCCCCC(=O)OCC(COC(=O)CCCCCCCCC/C=C\C/C=C\C/C=C\CC)OC(=O)CCCCCCCCC/C=C\C/C=C\C/C=C\CC. The standard InChI is InChI=1S/C67H108O6/c1-4-7-10-13-16-19-22-25-28-31-32-33-34-37-39-42-45-48-51-54-57-60-66(69)72-63-64(73-67(70)61-58-55-52-49-46-43-40-36-30-27-24-21-18-15-12-9-6-3)62-71-65(68)59-56-53-50-47-44-41-38-35-29-26-23-20-17-14-11-8-5-2/h7-12,16-21,25-30,32-33,37,39,64H,4-6,13-15,22-24,31,34-36,38,40-63H2,1-3H3/b10-7-,11-8-,12-9-,19-16-,20-17-,21-18-,28-25-,29-26-,30-27-,33-32-,39-37-. The normalized spacial score (nSPS) is 13.1. The molecule has 0 aromatic carbocycles. The van der Waals surface area contributed by atoms with Crippen LogP contribution in [0.1, 0.15) is 252 Å². The van der Waals surface area contributed by atoms with Crippen molar-refractivity contribution in [2.24, 2.45) is 0 Å². The van der Waals surface area contributed by atoms with Gasteiger partial charge in [-0.2, -0.15) is 0 Å². The minimum atomic E-state index is -0.802. The van der Waals surface area contributed by atoms with E-state index in [9.17, 15) is 14.4 Å². The highest BCUT2D eigenvalue weighted by molar-refractivity contribution is 5.71. The van der Waals surface area contributed by atoms with E-state index in [1.165, 1.54) is 51.4 Å². The molecule has 412 valence electrons. The van der Waals surface area contributed by atoms with Crippen LogP contribution in [0.15, 0.2) is 134 Å². The smallest absolute Gasteiger partial charge is 0.306 e. The van der Waals surface area contributed by atoms with Crippen molar-refractivity contribution in [3.05, 3.63) is 134 Å². The molecule has 1 atom stereocenters. The van der Waals surface area contributed by atoms with Crippen LogP contribution in [0.3, 0.4) is 0 Å². The monoisotopic (exact) mass is 1010 g/mol. The highest BCUT2D eigenvalue weighted by atomic mass is 16.6. The first-order valence-corrected chi connectivity index (χ1v) is 29.7. The van der Waals surface area contributed by atoms with Crippen LogP contribution in [0.2, 0.25) is 0 Å². The summed E-state index contributed by atoms with van der Waals surface area (Å²) in [6, 6.07) is 0. The van der Waals surface area contributed by atoms with Gasteiger partial charge in [0.15, 0.2) is 6.10 Å². The Hall–Kier alpha value is -4.45. The maximum atomic E-state index is 12.9. The fourth-order valence-corrected chi connectivity index (χ4v) is 7.79. The first kappa shape index (κ1) is 68.6. The molecule has 0 spiro atoms. The van der Waals surface area contributed by atoms with Crippen molar-refractivity contribution in [1.29, 1.82) is 0 Å². The molecule has 0 fully saturated rings. The van der Waals surface area contributed by atoms with Crippen molar-refractivity contribution in [3.63, 3.8) is 0 Å². The number of allylic oxidation sites excluding steroid dienone is 22. The number of hydrogen-bond acceptors (Lipinski definition) is 6. The summed E-state index contributed by atoms with van der Waals surface area (Å²) in [7, 11) is 0. The molecule has 0 N–H and O–H groups in total. The molecule has 0 saturated carbocycles. The number of carbonyl (C=O) groups is 3. The Morgan fingerprint density at radius 1 is 0.274 bits per heavy atom. The summed E-state index contributed by atoms with van der Waals surface area (Å²) in [5, 5.41) is 0. The van der Waals surface area contributed by atoms with Gasteiger partial charge >= 0.3 is 17.9 Å². The number of esters is 3. The Morgan fingerprint density at radius 3 is 0.767 bits per heavy atom. The molecule has 0 aliphatic carbocycles. The van der Waals surface area contributed by atoms with Gasteiger partial charge in [0.25, 0.3) is 0 Å². The minimum absolute atomic E-state index is 0.0979. The van der Waals surface area contributed by atoms with E-state index in [0.717, 1.165) is 161 Å². The van der Waals surface area contributed by atoms with Crippen LogP contribution < -0.4 is 0 Å². The zero-order chi connectivity index (χ0) is 52.9. The quantitative estimate of drug-likeness (QED) is 0.0261. The third-order valence-electron chi connectivity index (χ3n) is 12.1. The molecule has 0 radical (unpaired) electrons. The Kier molecular flexibility index (Phi) is 56.4. The van der Waals surface area contributed by atoms with Crippen molar-refractivity contribution < 1.29 is 28.6 Å². The fourth-order valence-electron chi connectivity index (χ4n) is 7.79. The van der Waals surface area contributed by atoms with Crippen molar-refractivity contribution in [2.75, 3.05) is 13.2 Å². The molecular weight excluding hydrogens is 901 g/mol. The summed E-state index contributed by atoms with van der Waals surface area (Å²) in [6.45, 7) is 6.27. The van der Waals surface area contributed by atoms with Gasteiger partial charge in [-0.15, -0.1) is 0 Å². The summed E-state index contributed by atoms with van der Waals surface area (Å²) < 4.78 is 16.9. The van der Waals surface area contributed by atoms with E-state index in [4.69, 9.17) is 14.2 Å². The maximum absolute atomic E-state index is 12.9. The molecule has 6 heteroatoms. The van der Waals surface area contributed by atoms with E-state index in [1.807, 2.05) is 0 Å². The lowest BCUT2D eigenvalue weighted by molar-refractivity contribution is -0.167. The lowest BCUT2D eigenvalue weighted by Gasteiger charge is -2.18. The van der Waals surface area contributed by atoms with Gasteiger partial charge < -0.3 is 14.2 Å². The van der Waals surface area contributed by atoms with E-state index in [-0.39, 0.29) is 31.1 Å². The van der Waals surface area contributed by atoms with E-state index in [0.29, 0.717) is 19.3 Å². The number of unbranched alkanes of at least 4 members (excludes halogenated alkanes) is 19. The molecule has 0 aliphatic rings. The van der Waals surface area contributed by atoms with Crippen molar-refractivity contribution in [2.45, 2.75) is 258 Å². The number of ether oxygens (including phenoxy) is 3. The average Bonchev–Trinajstić information content (AvgIpc) is 3.39. The third-order valence-corrected chi connectivity index (χ3v) is 12.1. The first-order valence-electron chi connectivity index (χ1n) is 29.7. The molecule has 0 heterocycles. The van der Waals surface area contributed by atoms with Gasteiger partial charge in [0.05, 0.1) is 0 Å². The van der Waals surface area contributed by atoms with Crippen molar-refractivity contribution >= 4 is 17.9 Å². The highest BCUT2D eigenvalue weighted by Crippen LogP contribution is 2.14. The van der Waals surface area contributed by atoms with Gasteiger partial charge in [-0.25, -0.2) is 0 Å². The summed E-state index contributed by atoms with van der Waals surface area (Å²) in [4.78, 5) is 38.3. The topological polar surface area (TPSA) is 78.9 Å². The van der Waals surface area contributed by atoms with E-state index in [2.05, 4.69) is 154 Å². The van der Waals surface area contributed by atoms with Gasteiger partial charge in [-0.05, 0) is 128 Å². The molecular formula is C67H108O6. The molecule has 0 saturated heterocycles. The zero-order valence-corrected chi connectivity index (χ0v) is 47.1. The lowest BCUT2D eigenvalue weighted by atomic mass is 10.1. The molecule has 0 aliphatic heterocycles. The number of rotatable bonds is 52. The third kappa shape index (κ3) is 58.3. The van der Waals surface area contributed by atoms with E-state index >= 15 is 0 Å². The maximum Gasteiger partial charge on any atom is 0.306 e. The van der Waals surface area contributed by atoms with Gasteiger partial charge in [-0.3, -0.25) is 14.4 Å². The molecule has 0 aromatic heterocycles. The Bertz CT molecular complexity index is 1580. The summed E-state index contributed by atoms with van der Waals surface area (Å²) in [6.07, 6.45) is 84.4. The summed E-state index contributed by atoms with van der Waals surface area (Å²) in [5.41, 5.74) is 0. The number of carbonyl (C=O) groups excluding carboxylic acids is 3. The minimum Gasteiger partial charge on any atom is -0.462 e. The predicted molar refractivity (Wildman–Crippen MR) is 316 cm³/mol. The summed E-state index contributed by atoms with van der Waals surface area (Å²) in [5.74, 6) is -0.937. The van der Waals surface area contributed by atoms with E-state index < -0.39 is 6.10 Å². The largest absolute Gasteiger partial charge is 0.462 e. The van der Waals surface area contributed by atoms with Crippen LogP contribution in [0, 0.1) is 0 Å². The van der Waals surface area contributed by atoms with Gasteiger partial charge in [0, 0.05) is 19.3 Å². The van der Waals surface area contributed by atoms with Crippen LogP contribution in [0.4, 0.5) is 0 Å². The summed E-state index contributed by atoms with van der Waals surface area (Å²) >= 11 is 0. The Balaban J connectivity index is 4.47. The van der Waals surface area contributed by atoms with Gasteiger partial charge in [0.1, 0.15) is 13.2 Å². The molecule has 6 nitrogen and oxygen atoms in total. The predicted octanol–water partition coefficient (Wildman–Crippen LogP) is 20.2. The second-order valence-electron chi connectivity index (χ2n) is 19.1. The highest BCUT2D eigenvalue weighted by Gasteiger charge is 2.19. The van der Waals surface area contributed by atoms with Crippen LogP contribution >= 0.6 is 0 Å². The Morgan fingerprint density at radius 2 is 0.493 bits per heavy atom. The van der Waals surface area contributed by atoms with Crippen LogP contribution in [-0.4, -0.2) is 37.2 Å². The molecule has 73 heavy (non-hydrogen) atoms. The zero-order valence-electron chi connectivity index (χ0n) is 47.1.